The van der Waals surface area contributed by atoms with E-state index in [-0.39, 0.29) is 17.1 Å². The van der Waals surface area contributed by atoms with Crippen LogP contribution in [0.2, 0.25) is 0 Å². The first-order chi connectivity index (χ1) is 14.0. The molecule has 1 aromatic heterocycles. The van der Waals surface area contributed by atoms with Crippen molar-refractivity contribution in [2.75, 3.05) is 18.5 Å². The third-order valence-electron chi connectivity index (χ3n) is 3.80. The lowest BCUT2D eigenvalue weighted by molar-refractivity contribution is -0.384. The molecule has 0 saturated carbocycles. The summed E-state index contributed by atoms with van der Waals surface area (Å²) >= 11 is 1.45. The normalized spacial score (nSPS) is 11.0. The number of hydrogen-bond acceptors (Lipinski definition) is 7. The maximum absolute atomic E-state index is 12.3. The molecular formula is C20H19N3O5S. The van der Waals surface area contributed by atoms with Crippen molar-refractivity contribution < 1.29 is 19.2 Å². The van der Waals surface area contributed by atoms with E-state index in [0.717, 1.165) is 10.2 Å². The number of nitrogens with one attached hydrogen (secondary N) is 1. The quantitative estimate of drug-likeness (QED) is 0.327. The minimum Gasteiger partial charge on any atom is -0.490 e. The van der Waals surface area contributed by atoms with Crippen molar-refractivity contribution >= 4 is 44.9 Å². The van der Waals surface area contributed by atoms with E-state index >= 15 is 0 Å². The van der Waals surface area contributed by atoms with E-state index in [1.54, 1.807) is 19.9 Å². The fourth-order valence-corrected chi connectivity index (χ4v) is 3.49. The second-order valence-corrected chi connectivity index (χ2v) is 6.84. The smallest absolute Gasteiger partial charge is 0.296 e. The molecule has 1 amide bonds. The highest BCUT2D eigenvalue weighted by Gasteiger charge is 2.21. The van der Waals surface area contributed by atoms with Crippen LogP contribution in [-0.2, 0) is 4.79 Å². The van der Waals surface area contributed by atoms with Crippen LogP contribution in [-0.4, -0.2) is 29.0 Å². The van der Waals surface area contributed by atoms with Crippen molar-refractivity contribution in [3.8, 4) is 11.5 Å². The van der Waals surface area contributed by atoms with Crippen LogP contribution in [0.1, 0.15) is 18.9 Å². The molecule has 8 nitrogen and oxygen atoms in total. The van der Waals surface area contributed by atoms with Crippen LogP contribution in [0.15, 0.2) is 42.5 Å². The predicted molar refractivity (Wildman–Crippen MR) is 113 cm³/mol. The number of ether oxygens (including phenoxy) is 2. The van der Waals surface area contributed by atoms with Gasteiger partial charge in [0.2, 0.25) is 5.91 Å². The van der Waals surface area contributed by atoms with Crippen LogP contribution in [0.3, 0.4) is 0 Å². The van der Waals surface area contributed by atoms with E-state index in [1.807, 2.05) is 24.3 Å². The number of carbonyl (C=O) groups is 1. The van der Waals surface area contributed by atoms with Gasteiger partial charge in [-0.1, -0.05) is 12.1 Å². The Hall–Kier alpha value is -3.46. The van der Waals surface area contributed by atoms with E-state index in [2.05, 4.69) is 10.3 Å². The van der Waals surface area contributed by atoms with Crippen molar-refractivity contribution in [1.29, 1.82) is 0 Å². The highest BCUT2D eigenvalue weighted by molar-refractivity contribution is 7.19. The van der Waals surface area contributed by atoms with Crippen LogP contribution < -0.4 is 14.8 Å². The number of para-hydroxylation sites is 1. The van der Waals surface area contributed by atoms with Crippen molar-refractivity contribution in [2.24, 2.45) is 0 Å². The molecule has 0 aliphatic rings. The zero-order chi connectivity index (χ0) is 20.8. The summed E-state index contributed by atoms with van der Waals surface area (Å²) in [6.45, 7) is 4.23. The van der Waals surface area contributed by atoms with Gasteiger partial charge in [0.1, 0.15) is 10.7 Å². The lowest BCUT2D eigenvalue weighted by Gasteiger charge is -2.13. The van der Waals surface area contributed by atoms with Crippen LogP contribution >= 0.6 is 11.3 Å². The molecule has 0 unspecified atom stereocenters. The average Bonchev–Trinajstić information content (AvgIpc) is 3.11. The fraction of sp³-hybridized carbons (Fsp3) is 0.200. The summed E-state index contributed by atoms with van der Waals surface area (Å²) in [4.78, 5) is 27.6. The molecule has 3 rings (SSSR count). The fourth-order valence-electron chi connectivity index (χ4n) is 2.62. The first kappa shape index (κ1) is 20.3. The van der Waals surface area contributed by atoms with Crippen molar-refractivity contribution in [1.82, 2.24) is 4.98 Å². The molecule has 1 heterocycles. The van der Waals surface area contributed by atoms with Gasteiger partial charge in [0.05, 0.1) is 34.4 Å². The van der Waals surface area contributed by atoms with E-state index in [0.29, 0.717) is 24.0 Å². The molecule has 1 N–H and O–H groups in total. The molecular weight excluding hydrogens is 394 g/mol. The Kier molecular flexibility index (Phi) is 6.40. The summed E-state index contributed by atoms with van der Waals surface area (Å²) in [6.07, 6.45) is 2.86. The lowest BCUT2D eigenvalue weighted by atomic mass is 10.2. The van der Waals surface area contributed by atoms with Gasteiger partial charge in [-0.3, -0.25) is 14.9 Å². The van der Waals surface area contributed by atoms with Crippen molar-refractivity contribution in [2.45, 2.75) is 13.8 Å². The molecule has 9 heteroatoms. The Bertz CT molecular complexity index is 1040. The maximum atomic E-state index is 12.3. The summed E-state index contributed by atoms with van der Waals surface area (Å²) in [5.41, 5.74) is 0.598. The molecule has 0 atom stereocenters. The van der Waals surface area contributed by atoms with Crippen molar-refractivity contribution in [3.05, 3.63) is 57.6 Å². The Morgan fingerprint density at radius 3 is 2.55 bits per heavy atom. The number of amides is 1. The zero-order valence-electron chi connectivity index (χ0n) is 15.9. The number of anilines is 1. The van der Waals surface area contributed by atoms with Gasteiger partial charge in [-0.05, 0) is 32.1 Å². The van der Waals surface area contributed by atoms with E-state index in [9.17, 15) is 14.9 Å². The number of rotatable bonds is 8. The van der Waals surface area contributed by atoms with E-state index < -0.39 is 10.8 Å². The largest absolute Gasteiger partial charge is 0.490 e. The zero-order valence-corrected chi connectivity index (χ0v) is 16.7. The van der Waals surface area contributed by atoms with Gasteiger partial charge >= 0.3 is 0 Å². The number of nitro benzene ring substituents is 1. The van der Waals surface area contributed by atoms with Crippen LogP contribution in [0.4, 0.5) is 11.4 Å². The maximum Gasteiger partial charge on any atom is 0.296 e. The molecule has 150 valence electrons. The Morgan fingerprint density at radius 1 is 1.21 bits per heavy atom. The molecule has 0 fully saturated rings. The number of fused-ring (bicyclic) bond motifs is 1. The third-order valence-corrected chi connectivity index (χ3v) is 4.81. The van der Waals surface area contributed by atoms with Gasteiger partial charge in [0.15, 0.2) is 11.5 Å². The molecule has 2 aromatic carbocycles. The van der Waals surface area contributed by atoms with Gasteiger partial charge in [0.25, 0.3) is 5.69 Å². The topological polar surface area (TPSA) is 104 Å². The first-order valence-electron chi connectivity index (χ1n) is 8.94. The van der Waals surface area contributed by atoms with Gasteiger partial charge in [-0.25, -0.2) is 4.98 Å². The number of nitrogens with zero attached hydrogens (tertiary/aromatic N) is 2. The third kappa shape index (κ3) is 4.88. The monoisotopic (exact) mass is 413 g/mol. The molecule has 0 spiro atoms. The minimum atomic E-state index is -0.578. The summed E-state index contributed by atoms with van der Waals surface area (Å²) in [5, 5.41) is 14.6. The number of benzene rings is 2. The molecule has 0 radical (unpaired) electrons. The number of aromatic nitrogens is 1. The standard InChI is InChI=1S/C20H19N3O5S/c1-3-27-16-11-14(15(23(25)26)12-17(16)28-4-2)21-19(24)9-10-20-22-13-7-5-6-8-18(13)29-20/h5-12H,3-4H2,1-2H3,(H,21,24). The second kappa shape index (κ2) is 9.16. The Labute approximate surface area is 170 Å². The lowest BCUT2D eigenvalue weighted by Crippen LogP contribution is -2.10. The van der Waals surface area contributed by atoms with Crippen molar-refractivity contribution in [3.63, 3.8) is 0 Å². The van der Waals surface area contributed by atoms with Crippen LogP contribution in [0.25, 0.3) is 16.3 Å². The molecule has 3 aromatic rings. The number of thiazole rings is 1. The number of carbonyl (C=O) groups excluding carboxylic acids is 1. The minimum absolute atomic E-state index is 0.0286. The van der Waals surface area contributed by atoms with Gasteiger partial charge in [0, 0.05) is 12.1 Å². The summed E-state index contributed by atoms with van der Waals surface area (Å²) in [6, 6.07) is 10.3. The van der Waals surface area contributed by atoms with E-state index in [1.165, 1.54) is 29.5 Å². The molecule has 0 aliphatic carbocycles. The second-order valence-electron chi connectivity index (χ2n) is 5.78. The predicted octanol–water partition coefficient (Wildman–Crippen LogP) is 4.65. The van der Waals surface area contributed by atoms with E-state index in [4.69, 9.17) is 9.47 Å². The molecule has 29 heavy (non-hydrogen) atoms. The highest BCUT2D eigenvalue weighted by atomic mass is 32.1. The first-order valence-corrected chi connectivity index (χ1v) is 9.76. The van der Waals surface area contributed by atoms with Gasteiger partial charge < -0.3 is 14.8 Å². The number of hydrogen-bond donors (Lipinski definition) is 1. The summed E-state index contributed by atoms with van der Waals surface area (Å²) < 4.78 is 11.9. The average molecular weight is 413 g/mol. The SMILES string of the molecule is CCOc1cc(NC(=O)C=Cc2nc3ccccc3s2)c([N+](=O)[O-])cc1OCC. The van der Waals surface area contributed by atoms with Gasteiger partial charge in [-0.2, -0.15) is 0 Å². The molecule has 0 saturated heterocycles. The van der Waals surface area contributed by atoms with Crippen LogP contribution in [0, 0.1) is 10.1 Å². The molecule has 0 bridgehead atoms. The molecule has 0 aliphatic heterocycles. The van der Waals surface area contributed by atoms with Crippen LogP contribution in [0.5, 0.6) is 11.5 Å². The highest BCUT2D eigenvalue weighted by Crippen LogP contribution is 2.38. The summed E-state index contributed by atoms with van der Waals surface area (Å²) in [5.74, 6) is 0.0634. The van der Waals surface area contributed by atoms with Gasteiger partial charge in [-0.15, -0.1) is 11.3 Å². The Balaban J connectivity index is 1.84. The summed E-state index contributed by atoms with van der Waals surface area (Å²) in [7, 11) is 0. The number of nitro groups is 1. The Morgan fingerprint density at radius 2 is 1.90 bits per heavy atom.